The molecule has 0 aromatic heterocycles. The first-order chi connectivity index (χ1) is 13.7. The van der Waals surface area contributed by atoms with Crippen LogP contribution in [-0.2, 0) is 16.1 Å². The van der Waals surface area contributed by atoms with Gasteiger partial charge in [-0.3, -0.25) is 9.59 Å². The lowest BCUT2D eigenvalue weighted by molar-refractivity contribution is -0.167. The molecule has 154 valence electrons. The van der Waals surface area contributed by atoms with E-state index in [0.29, 0.717) is 11.1 Å². The summed E-state index contributed by atoms with van der Waals surface area (Å²) in [5.41, 5.74) is 0.917. The molecule has 2 aromatic rings. The number of hydrogen-bond donors (Lipinski definition) is 2. The minimum Gasteiger partial charge on any atom is -0.434 e. The number of alkyl halides is 3. The Bertz CT molecular complexity index is 865. The molecule has 7 nitrogen and oxygen atoms in total. The zero-order chi connectivity index (χ0) is 21.4. The van der Waals surface area contributed by atoms with Crippen molar-refractivity contribution in [2.24, 2.45) is 0 Å². The highest BCUT2D eigenvalue weighted by atomic mass is 19.4. The quantitative estimate of drug-likeness (QED) is 0.560. The Balaban J connectivity index is 1.87. The fourth-order valence-corrected chi connectivity index (χ4v) is 2.11. The number of anilines is 1. The van der Waals surface area contributed by atoms with Gasteiger partial charge in [0.1, 0.15) is 5.75 Å². The summed E-state index contributed by atoms with van der Waals surface area (Å²) in [5, 5.41) is 4.37. The molecule has 0 radical (unpaired) electrons. The highest BCUT2D eigenvalue weighted by Gasteiger charge is 2.38. The van der Waals surface area contributed by atoms with Crippen LogP contribution in [0.25, 0.3) is 0 Å². The number of carbonyl (C=O) groups excluding carboxylic acids is 3. The topological polar surface area (TPSA) is 93.7 Å². The molecule has 0 heterocycles. The third-order valence-electron chi connectivity index (χ3n) is 3.50. The number of benzene rings is 2. The molecule has 2 rings (SSSR count). The van der Waals surface area contributed by atoms with Crippen molar-refractivity contribution in [3.05, 3.63) is 59.7 Å². The largest absolute Gasteiger partial charge is 0.513 e. The lowest BCUT2D eigenvalue weighted by atomic mass is 10.1. The normalized spacial score (nSPS) is 10.8. The maximum atomic E-state index is 12.2. The molecular weight excluding hydrogens is 393 g/mol. The van der Waals surface area contributed by atoms with E-state index < -0.39 is 24.1 Å². The van der Waals surface area contributed by atoms with E-state index in [0.717, 1.165) is 0 Å². The third kappa shape index (κ3) is 6.83. The van der Waals surface area contributed by atoms with Crippen LogP contribution in [0.1, 0.15) is 22.8 Å². The van der Waals surface area contributed by atoms with Crippen molar-refractivity contribution in [2.75, 3.05) is 11.9 Å². The summed E-state index contributed by atoms with van der Waals surface area (Å²) in [6.07, 6.45) is -5.82. The number of hydrogen-bond acceptors (Lipinski definition) is 5. The SMILES string of the molecule is CCOC(=O)Oc1ccc(C(=O)NCc2ccc(NC(=O)C(F)(F)F)cc2)cc1. The van der Waals surface area contributed by atoms with Crippen LogP contribution in [-0.4, -0.2) is 30.8 Å². The van der Waals surface area contributed by atoms with E-state index in [9.17, 15) is 27.6 Å². The van der Waals surface area contributed by atoms with E-state index in [1.54, 1.807) is 12.2 Å². The molecule has 0 spiro atoms. The summed E-state index contributed by atoms with van der Waals surface area (Å²) in [6, 6.07) is 11.3. The van der Waals surface area contributed by atoms with E-state index in [2.05, 4.69) is 10.1 Å². The number of ether oxygens (including phenoxy) is 2. The Labute approximate surface area is 163 Å². The number of rotatable bonds is 6. The summed E-state index contributed by atoms with van der Waals surface area (Å²) in [6.45, 7) is 1.93. The highest BCUT2D eigenvalue weighted by molar-refractivity contribution is 5.95. The fourth-order valence-electron chi connectivity index (χ4n) is 2.11. The van der Waals surface area contributed by atoms with Gasteiger partial charge in [-0.15, -0.1) is 0 Å². The average molecular weight is 410 g/mol. The Morgan fingerprint density at radius 3 is 2.14 bits per heavy atom. The van der Waals surface area contributed by atoms with Crippen molar-refractivity contribution < 1.29 is 37.0 Å². The molecule has 0 aliphatic rings. The second-order valence-corrected chi connectivity index (χ2v) is 5.64. The minimum atomic E-state index is -4.97. The van der Waals surface area contributed by atoms with Gasteiger partial charge in [-0.25, -0.2) is 4.79 Å². The predicted molar refractivity (Wildman–Crippen MR) is 96.4 cm³/mol. The van der Waals surface area contributed by atoms with Gasteiger partial charge in [0.2, 0.25) is 0 Å². The molecule has 2 aromatic carbocycles. The van der Waals surface area contributed by atoms with Crippen molar-refractivity contribution in [3.63, 3.8) is 0 Å². The standard InChI is InChI=1S/C19H17F3N2O5/c1-2-28-18(27)29-15-9-5-13(6-10-15)16(25)23-11-12-3-7-14(8-4-12)24-17(26)19(20,21)22/h3-10H,2,11H2,1H3,(H,23,25)(H,24,26). The molecule has 0 atom stereocenters. The molecular formula is C19H17F3N2O5. The third-order valence-corrected chi connectivity index (χ3v) is 3.50. The van der Waals surface area contributed by atoms with E-state index in [-0.39, 0.29) is 24.6 Å². The lowest BCUT2D eigenvalue weighted by Crippen LogP contribution is -2.29. The Hall–Kier alpha value is -3.56. The summed E-state index contributed by atoms with van der Waals surface area (Å²) in [5.74, 6) is -2.24. The molecule has 0 saturated carbocycles. The molecule has 0 aliphatic carbocycles. The van der Waals surface area contributed by atoms with E-state index in [1.165, 1.54) is 48.5 Å². The van der Waals surface area contributed by atoms with E-state index in [1.807, 2.05) is 0 Å². The Morgan fingerprint density at radius 1 is 0.966 bits per heavy atom. The second-order valence-electron chi connectivity index (χ2n) is 5.64. The summed E-state index contributed by atoms with van der Waals surface area (Å²) in [7, 11) is 0. The van der Waals surface area contributed by atoms with Gasteiger partial charge in [0.25, 0.3) is 5.91 Å². The van der Waals surface area contributed by atoms with Crippen LogP contribution >= 0.6 is 0 Å². The summed E-state index contributed by atoms with van der Waals surface area (Å²) >= 11 is 0. The molecule has 2 N–H and O–H groups in total. The van der Waals surface area contributed by atoms with Crippen LogP contribution in [0.2, 0.25) is 0 Å². The predicted octanol–water partition coefficient (Wildman–Crippen LogP) is 3.65. The first kappa shape index (κ1) is 21.7. The van der Waals surface area contributed by atoms with Gasteiger partial charge < -0.3 is 20.1 Å². The monoisotopic (exact) mass is 410 g/mol. The molecule has 0 unspecified atom stereocenters. The number of halogens is 3. The Morgan fingerprint density at radius 2 is 1.59 bits per heavy atom. The molecule has 2 amide bonds. The van der Waals surface area contributed by atoms with Crippen molar-refractivity contribution in [3.8, 4) is 5.75 Å². The number of carbonyl (C=O) groups is 3. The second kappa shape index (κ2) is 9.58. The average Bonchev–Trinajstić information content (AvgIpc) is 2.67. The van der Waals surface area contributed by atoms with Crippen molar-refractivity contribution in [1.82, 2.24) is 5.32 Å². The number of amides is 2. The van der Waals surface area contributed by atoms with Crippen LogP contribution < -0.4 is 15.4 Å². The maximum absolute atomic E-state index is 12.2. The van der Waals surface area contributed by atoms with E-state index in [4.69, 9.17) is 4.74 Å². The van der Waals surface area contributed by atoms with E-state index >= 15 is 0 Å². The maximum Gasteiger partial charge on any atom is 0.513 e. The van der Waals surface area contributed by atoms with Crippen LogP contribution in [0.5, 0.6) is 5.75 Å². The number of nitrogens with one attached hydrogen (secondary N) is 2. The lowest BCUT2D eigenvalue weighted by Gasteiger charge is -2.09. The fraction of sp³-hybridized carbons (Fsp3) is 0.211. The van der Waals surface area contributed by atoms with Crippen LogP contribution in [0.4, 0.5) is 23.7 Å². The Kier molecular flexibility index (Phi) is 7.18. The van der Waals surface area contributed by atoms with Gasteiger partial charge in [0.15, 0.2) is 0 Å². The van der Waals surface area contributed by atoms with Gasteiger partial charge in [0, 0.05) is 17.8 Å². The van der Waals surface area contributed by atoms with Gasteiger partial charge >= 0.3 is 18.2 Å². The smallest absolute Gasteiger partial charge is 0.434 e. The van der Waals surface area contributed by atoms with Gasteiger partial charge in [-0.1, -0.05) is 12.1 Å². The zero-order valence-electron chi connectivity index (χ0n) is 15.2. The van der Waals surface area contributed by atoms with Crippen molar-refractivity contribution in [2.45, 2.75) is 19.6 Å². The first-order valence-corrected chi connectivity index (χ1v) is 8.39. The van der Waals surface area contributed by atoms with Crippen LogP contribution in [0.15, 0.2) is 48.5 Å². The minimum absolute atomic E-state index is 0.0143. The summed E-state index contributed by atoms with van der Waals surface area (Å²) in [4.78, 5) is 34.3. The van der Waals surface area contributed by atoms with Gasteiger partial charge in [-0.2, -0.15) is 13.2 Å². The molecule has 0 saturated heterocycles. The van der Waals surface area contributed by atoms with Crippen LogP contribution in [0.3, 0.4) is 0 Å². The summed E-state index contributed by atoms with van der Waals surface area (Å²) < 4.78 is 46.2. The molecule has 0 fully saturated rings. The van der Waals surface area contributed by atoms with Gasteiger partial charge in [-0.05, 0) is 48.9 Å². The van der Waals surface area contributed by atoms with Gasteiger partial charge in [0.05, 0.1) is 6.61 Å². The zero-order valence-corrected chi connectivity index (χ0v) is 15.2. The first-order valence-electron chi connectivity index (χ1n) is 8.39. The molecule has 29 heavy (non-hydrogen) atoms. The van der Waals surface area contributed by atoms with Crippen LogP contribution in [0, 0.1) is 0 Å². The van der Waals surface area contributed by atoms with Crippen molar-refractivity contribution in [1.29, 1.82) is 0 Å². The molecule has 10 heteroatoms. The molecule has 0 bridgehead atoms. The highest BCUT2D eigenvalue weighted by Crippen LogP contribution is 2.18. The molecule has 0 aliphatic heterocycles. The van der Waals surface area contributed by atoms with Crippen molar-refractivity contribution >= 4 is 23.7 Å².